The fourth-order valence-electron chi connectivity index (χ4n) is 1.63. The van der Waals surface area contributed by atoms with E-state index < -0.39 is 0 Å². The summed E-state index contributed by atoms with van der Waals surface area (Å²) in [5.41, 5.74) is -0.144. The molecular weight excluding hydrogens is 184 g/mol. The van der Waals surface area contributed by atoms with E-state index in [-0.39, 0.29) is 5.41 Å². The first-order chi connectivity index (χ1) is 7.05. The Kier molecular flexibility index (Phi) is 7.42. The van der Waals surface area contributed by atoms with Crippen molar-refractivity contribution < 1.29 is 0 Å². The van der Waals surface area contributed by atoms with Gasteiger partial charge in [0.15, 0.2) is 0 Å². The highest BCUT2D eigenvalue weighted by atomic mass is 14.9. The summed E-state index contributed by atoms with van der Waals surface area (Å²) in [4.78, 5) is 0. The molecule has 0 spiro atoms. The molecule has 0 unspecified atom stereocenters. The van der Waals surface area contributed by atoms with E-state index in [1.165, 1.54) is 19.3 Å². The molecule has 0 amide bonds. The predicted molar refractivity (Wildman–Crippen MR) is 65.6 cm³/mol. The van der Waals surface area contributed by atoms with Gasteiger partial charge >= 0.3 is 0 Å². The summed E-state index contributed by atoms with van der Waals surface area (Å²) >= 11 is 0. The van der Waals surface area contributed by atoms with Crippen molar-refractivity contribution in [2.45, 2.75) is 65.8 Å². The molecule has 0 radical (unpaired) electrons. The molecule has 0 saturated carbocycles. The summed E-state index contributed by atoms with van der Waals surface area (Å²) in [6, 6.07) is 3.02. The SMILES string of the molecule is CCC(CC)NCCCCC(C)(C)C#N. The normalized spacial score (nSPS) is 11.7. The van der Waals surface area contributed by atoms with Crippen molar-refractivity contribution in [1.29, 1.82) is 5.26 Å². The third kappa shape index (κ3) is 7.39. The zero-order valence-electron chi connectivity index (χ0n) is 10.8. The maximum Gasteiger partial charge on any atom is 0.0683 e. The van der Waals surface area contributed by atoms with Crippen LogP contribution in [-0.4, -0.2) is 12.6 Å². The minimum Gasteiger partial charge on any atom is -0.314 e. The first-order valence-electron chi connectivity index (χ1n) is 6.20. The summed E-state index contributed by atoms with van der Waals surface area (Å²) in [7, 11) is 0. The quantitative estimate of drug-likeness (QED) is 0.623. The predicted octanol–water partition coefficient (Wildman–Crippen LogP) is 3.48. The molecule has 0 bridgehead atoms. The van der Waals surface area contributed by atoms with Crippen molar-refractivity contribution in [3.63, 3.8) is 0 Å². The van der Waals surface area contributed by atoms with Crippen molar-refractivity contribution in [2.75, 3.05) is 6.54 Å². The number of rotatable bonds is 8. The van der Waals surface area contributed by atoms with Gasteiger partial charge in [-0.25, -0.2) is 0 Å². The Morgan fingerprint density at radius 2 is 1.80 bits per heavy atom. The third-order valence-electron chi connectivity index (χ3n) is 2.95. The van der Waals surface area contributed by atoms with Crippen molar-refractivity contribution in [2.24, 2.45) is 5.41 Å². The topological polar surface area (TPSA) is 35.8 Å². The molecule has 0 aromatic heterocycles. The number of nitrogens with zero attached hydrogens (tertiary/aromatic N) is 1. The van der Waals surface area contributed by atoms with Crippen LogP contribution in [0.2, 0.25) is 0 Å². The van der Waals surface area contributed by atoms with Crippen molar-refractivity contribution in [1.82, 2.24) is 5.32 Å². The number of hydrogen-bond donors (Lipinski definition) is 1. The Morgan fingerprint density at radius 3 is 2.27 bits per heavy atom. The number of nitriles is 1. The Morgan fingerprint density at radius 1 is 1.20 bits per heavy atom. The van der Waals surface area contributed by atoms with Gasteiger partial charge in [0.05, 0.1) is 11.5 Å². The van der Waals surface area contributed by atoms with Crippen LogP contribution in [0.3, 0.4) is 0 Å². The summed E-state index contributed by atoms with van der Waals surface area (Å²) in [6.07, 6.45) is 5.75. The van der Waals surface area contributed by atoms with Crippen LogP contribution < -0.4 is 5.32 Å². The Balaban J connectivity index is 3.44. The summed E-state index contributed by atoms with van der Waals surface area (Å²) in [5.74, 6) is 0. The van der Waals surface area contributed by atoms with E-state index in [0.717, 1.165) is 19.4 Å². The molecule has 0 aliphatic carbocycles. The molecule has 0 atom stereocenters. The molecule has 15 heavy (non-hydrogen) atoms. The summed E-state index contributed by atoms with van der Waals surface area (Å²) < 4.78 is 0. The van der Waals surface area contributed by atoms with Gasteiger partial charge in [-0.3, -0.25) is 0 Å². The zero-order valence-corrected chi connectivity index (χ0v) is 10.8. The monoisotopic (exact) mass is 210 g/mol. The van der Waals surface area contributed by atoms with E-state index in [9.17, 15) is 0 Å². The van der Waals surface area contributed by atoms with Crippen LogP contribution in [-0.2, 0) is 0 Å². The minimum absolute atomic E-state index is 0.144. The van der Waals surface area contributed by atoms with E-state index in [1.54, 1.807) is 0 Å². The lowest BCUT2D eigenvalue weighted by Crippen LogP contribution is -2.28. The lowest BCUT2D eigenvalue weighted by Gasteiger charge is -2.16. The molecule has 0 heterocycles. The summed E-state index contributed by atoms with van der Waals surface area (Å²) in [6.45, 7) is 9.57. The zero-order chi connectivity index (χ0) is 11.7. The fourth-order valence-corrected chi connectivity index (χ4v) is 1.63. The van der Waals surface area contributed by atoms with E-state index in [2.05, 4.69) is 25.2 Å². The third-order valence-corrected chi connectivity index (χ3v) is 2.95. The van der Waals surface area contributed by atoms with Gasteiger partial charge in [-0.05, 0) is 46.1 Å². The molecule has 0 aromatic rings. The average Bonchev–Trinajstić information content (AvgIpc) is 2.23. The maximum absolute atomic E-state index is 8.85. The van der Waals surface area contributed by atoms with Gasteiger partial charge < -0.3 is 5.32 Å². The lowest BCUT2D eigenvalue weighted by atomic mass is 9.89. The van der Waals surface area contributed by atoms with E-state index in [0.29, 0.717) is 6.04 Å². The Hall–Kier alpha value is -0.550. The number of nitrogens with one attached hydrogen (secondary N) is 1. The van der Waals surface area contributed by atoms with Crippen molar-refractivity contribution in [3.8, 4) is 6.07 Å². The van der Waals surface area contributed by atoms with Crippen LogP contribution >= 0.6 is 0 Å². The van der Waals surface area contributed by atoms with Crippen LogP contribution in [0.4, 0.5) is 0 Å². The van der Waals surface area contributed by atoms with Crippen molar-refractivity contribution in [3.05, 3.63) is 0 Å². The number of unbranched alkanes of at least 4 members (excludes halogenated alkanes) is 1. The van der Waals surface area contributed by atoms with Crippen LogP contribution in [0.25, 0.3) is 0 Å². The highest BCUT2D eigenvalue weighted by Crippen LogP contribution is 2.21. The first kappa shape index (κ1) is 14.5. The highest BCUT2D eigenvalue weighted by Gasteiger charge is 2.15. The van der Waals surface area contributed by atoms with Crippen LogP contribution in [0.1, 0.15) is 59.8 Å². The van der Waals surface area contributed by atoms with Gasteiger partial charge in [-0.15, -0.1) is 0 Å². The molecule has 2 heteroatoms. The molecule has 0 rings (SSSR count). The van der Waals surface area contributed by atoms with E-state index in [1.807, 2.05) is 13.8 Å². The molecule has 0 saturated heterocycles. The molecule has 2 nitrogen and oxygen atoms in total. The highest BCUT2D eigenvalue weighted by molar-refractivity contribution is 4.91. The standard InChI is InChI=1S/C13H26N2/c1-5-12(6-2)15-10-8-7-9-13(3,4)11-14/h12,15H,5-10H2,1-4H3. The van der Waals surface area contributed by atoms with Crippen LogP contribution in [0.15, 0.2) is 0 Å². The molecule has 0 aromatic carbocycles. The minimum atomic E-state index is -0.144. The fraction of sp³-hybridized carbons (Fsp3) is 0.923. The first-order valence-corrected chi connectivity index (χ1v) is 6.20. The molecular formula is C13H26N2. The van der Waals surface area contributed by atoms with Crippen molar-refractivity contribution >= 4 is 0 Å². The Bertz CT molecular complexity index is 187. The second kappa shape index (κ2) is 7.70. The van der Waals surface area contributed by atoms with Gasteiger partial charge in [-0.2, -0.15) is 5.26 Å². The second-order valence-corrected chi connectivity index (χ2v) is 4.92. The molecule has 0 aliphatic rings. The molecule has 0 fully saturated rings. The van der Waals surface area contributed by atoms with Gasteiger partial charge in [0.1, 0.15) is 0 Å². The van der Waals surface area contributed by atoms with E-state index >= 15 is 0 Å². The smallest absolute Gasteiger partial charge is 0.0683 e. The maximum atomic E-state index is 8.85. The molecule has 1 N–H and O–H groups in total. The van der Waals surface area contributed by atoms with Crippen LogP contribution in [0, 0.1) is 16.7 Å². The lowest BCUT2D eigenvalue weighted by molar-refractivity contribution is 0.410. The average molecular weight is 210 g/mol. The Labute approximate surface area is 95.1 Å². The van der Waals surface area contributed by atoms with Crippen LogP contribution in [0.5, 0.6) is 0 Å². The largest absolute Gasteiger partial charge is 0.314 e. The second-order valence-electron chi connectivity index (χ2n) is 4.92. The summed E-state index contributed by atoms with van der Waals surface area (Å²) in [5, 5.41) is 12.4. The van der Waals surface area contributed by atoms with Gasteiger partial charge in [-0.1, -0.05) is 20.3 Å². The van der Waals surface area contributed by atoms with Gasteiger partial charge in [0.25, 0.3) is 0 Å². The van der Waals surface area contributed by atoms with Gasteiger partial charge in [0.2, 0.25) is 0 Å². The number of hydrogen-bond acceptors (Lipinski definition) is 2. The molecule has 88 valence electrons. The van der Waals surface area contributed by atoms with E-state index in [4.69, 9.17) is 5.26 Å². The molecule has 0 aliphatic heterocycles. The van der Waals surface area contributed by atoms with Gasteiger partial charge in [0, 0.05) is 6.04 Å².